The van der Waals surface area contributed by atoms with Crippen molar-refractivity contribution in [2.45, 2.75) is 38.8 Å². The average Bonchev–Trinajstić information content (AvgIpc) is 2.99. The number of aryl methyl sites for hydroxylation is 1. The zero-order chi connectivity index (χ0) is 16.1. The van der Waals surface area contributed by atoms with Crippen molar-refractivity contribution in [3.05, 3.63) is 53.7 Å². The summed E-state index contributed by atoms with van der Waals surface area (Å²) in [5, 5.41) is 6.84. The smallest absolute Gasteiger partial charge is 0.255 e. The molecule has 2 aromatic rings. The molecule has 23 heavy (non-hydrogen) atoms. The summed E-state index contributed by atoms with van der Waals surface area (Å²) in [5.74, 6) is 1.33. The fourth-order valence-corrected chi connectivity index (χ4v) is 2.51. The van der Waals surface area contributed by atoms with Crippen LogP contribution in [0.1, 0.15) is 41.3 Å². The van der Waals surface area contributed by atoms with Gasteiger partial charge in [0, 0.05) is 13.0 Å². The van der Waals surface area contributed by atoms with Gasteiger partial charge in [0.05, 0.1) is 5.56 Å². The molecule has 6 nitrogen and oxygen atoms in total. The number of hydrogen-bond donors (Lipinski definition) is 1. The molecule has 1 atom stereocenters. The number of allylic oxidation sites excluding steroid dienone is 1. The Balaban J connectivity index is 1.66. The lowest BCUT2D eigenvalue weighted by Crippen LogP contribution is -2.35. The molecule has 120 valence electrons. The van der Waals surface area contributed by atoms with Gasteiger partial charge in [0.1, 0.15) is 5.75 Å². The molecule has 0 fully saturated rings. The van der Waals surface area contributed by atoms with Crippen molar-refractivity contribution in [1.29, 1.82) is 0 Å². The third kappa shape index (κ3) is 3.97. The zero-order valence-corrected chi connectivity index (χ0v) is 13.0. The molecule has 1 amide bonds. The highest BCUT2D eigenvalue weighted by Gasteiger charge is 2.17. The van der Waals surface area contributed by atoms with Gasteiger partial charge >= 0.3 is 0 Å². The van der Waals surface area contributed by atoms with Crippen molar-refractivity contribution in [2.24, 2.45) is 0 Å². The molecule has 0 radical (unpaired) electrons. The summed E-state index contributed by atoms with van der Waals surface area (Å²) in [7, 11) is 0. The third-order valence-electron chi connectivity index (χ3n) is 3.66. The Morgan fingerprint density at radius 3 is 3.00 bits per heavy atom. The van der Waals surface area contributed by atoms with E-state index in [1.54, 1.807) is 19.1 Å². The van der Waals surface area contributed by atoms with Gasteiger partial charge in [-0.2, -0.15) is 4.98 Å². The third-order valence-corrected chi connectivity index (χ3v) is 3.66. The molecule has 1 N–H and O–H groups in total. The lowest BCUT2D eigenvalue weighted by atomic mass is 10.0. The number of rotatable bonds is 5. The molecule has 3 rings (SSSR count). The summed E-state index contributed by atoms with van der Waals surface area (Å²) < 4.78 is 10.6. The largest absolute Gasteiger partial charge is 0.485 e. The number of carbonyl (C=O) groups is 1. The minimum absolute atomic E-state index is 0.120. The normalized spacial score (nSPS) is 17.0. The predicted molar refractivity (Wildman–Crippen MR) is 84.1 cm³/mol. The van der Waals surface area contributed by atoms with Gasteiger partial charge in [-0.3, -0.25) is 4.79 Å². The fourth-order valence-electron chi connectivity index (χ4n) is 2.51. The molecule has 1 aliphatic carbocycles. The van der Waals surface area contributed by atoms with Crippen LogP contribution in [0.4, 0.5) is 0 Å². The average molecular weight is 313 g/mol. The SMILES string of the molecule is Cc1nc(COc2ccccc2C(=O)NC2CC=CCC2)no1. The quantitative estimate of drug-likeness (QED) is 0.859. The van der Waals surface area contributed by atoms with Gasteiger partial charge < -0.3 is 14.6 Å². The number of hydrogen-bond acceptors (Lipinski definition) is 5. The second-order valence-corrected chi connectivity index (χ2v) is 5.47. The van der Waals surface area contributed by atoms with E-state index >= 15 is 0 Å². The van der Waals surface area contributed by atoms with Crippen molar-refractivity contribution >= 4 is 5.91 Å². The molecule has 0 bridgehead atoms. The molecule has 0 spiro atoms. The van der Waals surface area contributed by atoms with Gasteiger partial charge in [0.25, 0.3) is 5.91 Å². The predicted octanol–water partition coefficient (Wildman–Crippen LogP) is 2.80. The van der Waals surface area contributed by atoms with Crippen LogP contribution in [0.15, 0.2) is 40.9 Å². The lowest BCUT2D eigenvalue weighted by Gasteiger charge is -2.20. The topological polar surface area (TPSA) is 77.2 Å². The Morgan fingerprint density at radius 2 is 2.26 bits per heavy atom. The summed E-state index contributed by atoms with van der Waals surface area (Å²) in [6.07, 6.45) is 7.09. The monoisotopic (exact) mass is 313 g/mol. The molecule has 1 unspecified atom stereocenters. The van der Waals surface area contributed by atoms with E-state index in [0.717, 1.165) is 19.3 Å². The van der Waals surface area contributed by atoms with Gasteiger partial charge in [-0.25, -0.2) is 0 Å². The fraction of sp³-hybridized carbons (Fsp3) is 0.353. The maximum Gasteiger partial charge on any atom is 0.255 e. The van der Waals surface area contributed by atoms with Crippen LogP contribution in [-0.4, -0.2) is 22.1 Å². The summed E-state index contributed by atoms with van der Waals surface area (Å²) in [4.78, 5) is 16.6. The van der Waals surface area contributed by atoms with E-state index in [9.17, 15) is 4.79 Å². The first kappa shape index (κ1) is 15.3. The van der Waals surface area contributed by atoms with E-state index in [2.05, 4.69) is 27.6 Å². The van der Waals surface area contributed by atoms with Crippen LogP contribution in [0.25, 0.3) is 0 Å². The summed E-state index contributed by atoms with van der Waals surface area (Å²) in [6, 6.07) is 7.35. The minimum Gasteiger partial charge on any atom is -0.485 e. The summed E-state index contributed by atoms with van der Waals surface area (Å²) in [5.41, 5.74) is 0.516. The van der Waals surface area contributed by atoms with Crippen LogP contribution in [0, 0.1) is 6.92 Å². The molecule has 0 saturated carbocycles. The first-order valence-electron chi connectivity index (χ1n) is 7.69. The van der Waals surface area contributed by atoms with E-state index in [0.29, 0.717) is 23.0 Å². The molecule has 1 aliphatic rings. The second kappa shape index (κ2) is 7.09. The van der Waals surface area contributed by atoms with Crippen molar-refractivity contribution in [2.75, 3.05) is 0 Å². The van der Waals surface area contributed by atoms with Crippen LogP contribution >= 0.6 is 0 Å². The van der Waals surface area contributed by atoms with Gasteiger partial charge in [-0.15, -0.1) is 0 Å². The van der Waals surface area contributed by atoms with Crippen molar-refractivity contribution < 1.29 is 14.1 Å². The first-order chi connectivity index (χ1) is 11.2. The molecule has 1 heterocycles. The maximum absolute atomic E-state index is 12.5. The van der Waals surface area contributed by atoms with Crippen LogP contribution in [-0.2, 0) is 6.61 Å². The van der Waals surface area contributed by atoms with E-state index in [-0.39, 0.29) is 18.6 Å². The highest BCUT2D eigenvalue weighted by molar-refractivity contribution is 5.97. The number of aromatic nitrogens is 2. The van der Waals surface area contributed by atoms with Crippen molar-refractivity contribution in [3.63, 3.8) is 0 Å². The first-order valence-corrected chi connectivity index (χ1v) is 7.69. The Morgan fingerprint density at radius 1 is 1.39 bits per heavy atom. The second-order valence-electron chi connectivity index (χ2n) is 5.47. The van der Waals surface area contributed by atoms with Crippen LogP contribution in [0.2, 0.25) is 0 Å². The zero-order valence-electron chi connectivity index (χ0n) is 13.0. The van der Waals surface area contributed by atoms with Gasteiger partial charge in [0.15, 0.2) is 6.61 Å². The highest BCUT2D eigenvalue weighted by Crippen LogP contribution is 2.20. The highest BCUT2D eigenvalue weighted by atomic mass is 16.5. The van der Waals surface area contributed by atoms with E-state index < -0.39 is 0 Å². The van der Waals surface area contributed by atoms with Crippen molar-refractivity contribution in [3.8, 4) is 5.75 Å². The molecular weight excluding hydrogens is 294 g/mol. The summed E-state index contributed by atoms with van der Waals surface area (Å²) >= 11 is 0. The Hall–Kier alpha value is -2.63. The van der Waals surface area contributed by atoms with Crippen LogP contribution in [0.3, 0.4) is 0 Å². The van der Waals surface area contributed by atoms with E-state index in [1.165, 1.54) is 0 Å². The Kier molecular flexibility index (Phi) is 4.71. The minimum atomic E-state index is -0.120. The van der Waals surface area contributed by atoms with Crippen LogP contribution < -0.4 is 10.1 Å². The summed E-state index contributed by atoms with van der Waals surface area (Å²) in [6.45, 7) is 1.88. The Bertz CT molecular complexity index is 709. The van der Waals surface area contributed by atoms with Crippen LogP contribution in [0.5, 0.6) is 5.75 Å². The number of nitrogens with one attached hydrogen (secondary N) is 1. The molecular formula is C17H19N3O3. The maximum atomic E-state index is 12.5. The number of benzene rings is 1. The number of para-hydroxylation sites is 1. The van der Waals surface area contributed by atoms with E-state index in [4.69, 9.17) is 9.26 Å². The number of carbonyl (C=O) groups excluding carboxylic acids is 1. The molecule has 0 saturated heterocycles. The van der Waals surface area contributed by atoms with Gasteiger partial charge in [0.2, 0.25) is 11.7 Å². The molecule has 0 aliphatic heterocycles. The lowest BCUT2D eigenvalue weighted by molar-refractivity contribution is 0.0930. The molecule has 1 aromatic heterocycles. The van der Waals surface area contributed by atoms with Gasteiger partial charge in [-0.1, -0.05) is 29.4 Å². The standard InChI is InChI=1S/C17H19N3O3/c1-12-18-16(20-23-12)11-22-15-10-6-5-9-14(15)17(21)19-13-7-3-2-4-8-13/h2-3,5-6,9-10,13H,4,7-8,11H2,1H3,(H,19,21). The van der Waals surface area contributed by atoms with E-state index in [1.807, 2.05) is 12.1 Å². The van der Waals surface area contributed by atoms with Gasteiger partial charge in [-0.05, 0) is 31.4 Å². The molecule has 1 aromatic carbocycles. The number of amides is 1. The number of nitrogens with zero attached hydrogens (tertiary/aromatic N) is 2. The Labute approximate surface area is 134 Å². The van der Waals surface area contributed by atoms with Crippen molar-refractivity contribution in [1.82, 2.24) is 15.5 Å². The number of ether oxygens (including phenoxy) is 1. The molecule has 6 heteroatoms.